The number of methoxy groups -OCH3 is 1. The number of thiazole rings is 1. The fourth-order valence-corrected chi connectivity index (χ4v) is 6.16. The van der Waals surface area contributed by atoms with E-state index >= 15 is 0 Å². The van der Waals surface area contributed by atoms with E-state index in [1.54, 1.807) is 30.7 Å². The van der Waals surface area contributed by atoms with Crippen LogP contribution < -0.4 is 10.1 Å². The van der Waals surface area contributed by atoms with Crippen molar-refractivity contribution in [2.45, 2.75) is 56.2 Å². The van der Waals surface area contributed by atoms with Crippen molar-refractivity contribution in [1.82, 2.24) is 25.3 Å². The monoisotopic (exact) mass is 505 g/mol. The molecule has 0 amide bonds. The standard InChI is InChI=1S/C27H28FN5O2S/c1-34-23-6-5-21-24(33-23)19(20(28)15-30-21)7-8-27-11-9-26(10-12-27,17-35-27)31-14-18-16-36-25(32-18)22-4-2-3-13-29-22/h2-6,13,15-16,31H,7-12,14,17H2,1H3. The van der Waals surface area contributed by atoms with Crippen LogP contribution in [0.4, 0.5) is 4.39 Å². The van der Waals surface area contributed by atoms with Crippen LogP contribution in [0.5, 0.6) is 5.88 Å². The molecule has 7 nitrogen and oxygen atoms in total. The van der Waals surface area contributed by atoms with Gasteiger partial charge in [0.25, 0.3) is 0 Å². The van der Waals surface area contributed by atoms with Gasteiger partial charge in [0.05, 0.1) is 47.9 Å². The average molecular weight is 506 g/mol. The molecule has 0 unspecified atom stereocenters. The van der Waals surface area contributed by atoms with E-state index in [4.69, 9.17) is 14.5 Å². The highest BCUT2D eigenvalue weighted by Gasteiger charge is 2.49. The van der Waals surface area contributed by atoms with Gasteiger partial charge in [-0.3, -0.25) is 9.97 Å². The number of aryl methyl sites for hydroxylation is 1. The number of fused-ring (bicyclic) bond motifs is 4. The molecule has 0 atom stereocenters. The molecule has 186 valence electrons. The quantitative estimate of drug-likeness (QED) is 0.357. The SMILES string of the molecule is COc1ccc2ncc(F)c(CCC34CCC(NCc5csc(-c6ccccn6)n5)(CC3)CO4)c2n1. The van der Waals surface area contributed by atoms with Gasteiger partial charge in [0.1, 0.15) is 10.8 Å². The van der Waals surface area contributed by atoms with E-state index in [1.807, 2.05) is 24.3 Å². The van der Waals surface area contributed by atoms with Crippen LogP contribution in [0.2, 0.25) is 0 Å². The number of pyridine rings is 3. The molecular formula is C27H28FN5O2S. The van der Waals surface area contributed by atoms with Gasteiger partial charge >= 0.3 is 0 Å². The topological polar surface area (TPSA) is 82.0 Å². The third-order valence-corrected chi connectivity index (χ3v) is 8.55. The number of ether oxygens (including phenoxy) is 2. The number of rotatable bonds is 8. The van der Waals surface area contributed by atoms with Gasteiger partial charge in [-0.15, -0.1) is 11.3 Å². The van der Waals surface area contributed by atoms with E-state index < -0.39 is 0 Å². The lowest BCUT2D eigenvalue weighted by atomic mass is 9.69. The second-order valence-electron chi connectivity index (χ2n) is 9.77. The number of halogens is 1. The minimum absolute atomic E-state index is 0.0277. The Labute approximate surface area is 213 Å². The van der Waals surface area contributed by atoms with Crippen molar-refractivity contribution >= 4 is 22.4 Å². The number of nitrogens with zero attached hydrogens (tertiary/aromatic N) is 4. The Morgan fingerprint density at radius 2 is 2.00 bits per heavy atom. The molecule has 9 heteroatoms. The third kappa shape index (κ3) is 4.47. The first-order valence-corrected chi connectivity index (χ1v) is 13.2. The molecule has 1 aliphatic carbocycles. The van der Waals surface area contributed by atoms with Crippen LogP contribution in [0, 0.1) is 5.82 Å². The van der Waals surface area contributed by atoms with Gasteiger partial charge in [-0.2, -0.15) is 0 Å². The summed E-state index contributed by atoms with van der Waals surface area (Å²) in [6.45, 7) is 1.37. The lowest BCUT2D eigenvalue weighted by Crippen LogP contribution is -2.61. The molecule has 36 heavy (non-hydrogen) atoms. The second-order valence-corrected chi connectivity index (χ2v) is 10.6. The summed E-state index contributed by atoms with van der Waals surface area (Å²) >= 11 is 1.62. The summed E-state index contributed by atoms with van der Waals surface area (Å²) in [5.41, 5.74) is 3.53. The largest absolute Gasteiger partial charge is 0.481 e. The van der Waals surface area contributed by atoms with E-state index in [-0.39, 0.29) is 17.0 Å². The first-order valence-electron chi connectivity index (χ1n) is 12.3. The first kappa shape index (κ1) is 23.4. The average Bonchev–Trinajstić information content (AvgIpc) is 3.42. The van der Waals surface area contributed by atoms with Crippen molar-refractivity contribution in [3.05, 3.63) is 65.2 Å². The molecule has 1 saturated carbocycles. The molecule has 3 fully saturated rings. The fourth-order valence-electron chi connectivity index (χ4n) is 5.37. The summed E-state index contributed by atoms with van der Waals surface area (Å²) in [6, 6.07) is 9.44. The summed E-state index contributed by atoms with van der Waals surface area (Å²) < 4.78 is 26.5. The Balaban J connectivity index is 1.09. The van der Waals surface area contributed by atoms with Crippen molar-refractivity contribution in [3.63, 3.8) is 0 Å². The molecule has 6 heterocycles. The highest BCUT2D eigenvalue weighted by atomic mass is 32.1. The lowest BCUT2D eigenvalue weighted by molar-refractivity contribution is -0.165. The fraction of sp³-hybridized carbons (Fsp3) is 0.407. The summed E-state index contributed by atoms with van der Waals surface area (Å²) in [5.74, 6) is 0.139. The molecule has 2 bridgehead atoms. The maximum absolute atomic E-state index is 14.8. The predicted octanol–water partition coefficient (Wildman–Crippen LogP) is 5.10. The number of aromatic nitrogens is 4. The first-order chi connectivity index (χ1) is 17.6. The zero-order chi connectivity index (χ0) is 24.6. The van der Waals surface area contributed by atoms with Crippen molar-refractivity contribution in [2.75, 3.05) is 13.7 Å². The number of hydrogen-bond acceptors (Lipinski definition) is 8. The summed E-state index contributed by atoms with van der Waals surface area (Å²) in [6.07, 6.45) is 8.39. The van der Waals surface area contributed by atoms with Crippen LogP contribution >= 0.6 is 11.3 Å². The van der Waals surface area contributed by atoms with Crippen LogP contribution in [-0.2, 0) is 17.7 Å². The molecule has 3 aliphatic rings. The Bertz CT molecular complexity index is 1350. The van der Waals surface area contributed by atoms with Crippen LogP contribution in [0.25, 0.3) is 21.7 Å². The Hall–Kier alpha value is -3.01. The normalized spacial score (nSPS) is 23.3. The Morgan fingerprint density at radius 1 is 1.11 bits per heavy atom. The number of hydrogen-bond donors (Lipinski definition) is 1. The van der Waals surface area contributed by atoms with Gasteiger partial charge < -0.3 is 14.8 Å². The van der Waals surface area contributed by atoms with Gasteiger partial charge in [0, 0.05) is 35.3 Å². The van der Waals surface area contributed by atoms with Crippen molar-refractivity contribution < 1.29 is 13.9 Å². The molecule has 1 N–H and O–H groups in total. The summed E-state index contributed by atoms with van der Waals surface area (Å²) in [5, 5.41) is 6.79. The predicted molar refractivity (Wildman–Crippen MR) is 136 cm³/mol. The van der Waals surface area contributed by atoms with Crippen LogP contribution in [0.15, 0.2) is 48.1 Å². The van der Waals surface area contributed by atoms with E-state index in [1.165, 1.54) is 6.20 Å². The van der Waals surface area contributed by atoms with Gasteiger partial charge in [-0.05, 0) is 56.7 Å². The van der Waals surface area contributed by atoms with Gasteiger partial charge in [-0.25, -0.2) is 14.4 Å². The molecule has 0 radical (unpaired) electrons. The summed E-state index contributed by atoms with van der Waals surface area (Å²) in [4.78, 5) is 17.8. The van der Waals surface area contributed by atoms with E-state index in [0.717, 1.165) is 48.5 Å². The highest BCUT2D eigenvalue weighted by molar-refractivity contribution is 7.13. The van der Waals surface area contributed by atoms with Crippen LogP contribution in [0.3, 0.4) is 0 Å². The van der Waals surface area contributed by atoms with Crippen LogP contribution in [-0.4, -0.2) is 44.8 Å². The molecular weight excluding hydrogens is 477 g/mol. The molecule has 2 saturated heterocycles. The zero-order valence-corrected chi connectivity index (χ0v) is 21.0. The van der Waals surface area contributed by atoms with Gasteiger partial charge in [0.15, 0.2) is 0 Å². The minimum atomic E-state index is -0.323. The van der Waals surface area contributed by atoms with Gasteiger partial charge in [0.2, 0.25) is 5.88 Å². The number of nitrogens with one attached hydrogen (secondary N) is 1. The highest BCUT2D eigenvalue weighted by Crippen LogP contribution is 2.46. The minimum Gasteiger partial charge on any atom is -0.481 e. The smallest absolute Gasteiger partial charge is 0.213 e. The van der Waals surface area contributed by atoms with Gasteiger partial charge in [-0.1, -0.05) is 6.07 Å². The van der Waals surface area contributed by atoms with E-state index in [2.05, 4.69) is 25.6 Å². The molecule has 4 aromatic rings. The third-order valence-electron chi connectivity index (χ3n) is 7.63. The van der Waals surface area contributed by atoms with E-state index in [9.17, 15) is 4.39 Å². The Kier molecular flexibility index (Phi) is 6.15. The summed E-state index contributed by atoms with van der Waals surface area (Å²) in [7, 11) is 1.56. The molecule has 4 aromatic heterocycles. The molecule has 0 aromatic carbocycles. The van der Waals surface area contributed by atoms with Crippen molar-refractivity contribution in [2.24, 2.45) is 0 Å². The molecule has 2 aliphatic heterocycles. The maximum Gasteiger partial charge on any atom is 0.213 e. The Morgan fingerprint density at radius 3 is 2.75 bits per heavy atom. The van der Waals surface area contributed by atoms with E-state index in [0.29, 0.717) is 42.0 Å². The van der Waals surface area contributed by atoms with Crippen molar-refractivity contribution in [1.29, 1.82) is 0 Å². The second kappa shape index (κ2) is 9.46. The maximum atomic E-state index is 14.8. The molecule has 0 spiro atoms. The van der Waals surface area contributed by atoms with Crippen LogP contribution in [0.1, 0.15) is 43.4 Å². The molecule has 7 rings (SSSR count). The van der Waals surface area contributed by atoms with Crippen molar-refractivity contribution in [3.8, 4) is 16.6 Å². The lowest BCUT2D eigenvalue weighted by Gasteiger charge is -2.53. The zero-order valence-electron chi connectivity index (χ0n) is 20.2.